The predicted octanol–water partition coefficient (Wildman–Crippen LogP) is 2.86. The molecule has 0 saturated heterocycles. The molecule has 1 aliphatic heterocycles. The van der Waals surface area contributed by atoms with Gasteiger partial charge in [0, 0.05) is 31.3 Å². The molecule has 4 aromatic rings. The number of benzene rings is 1. The smallest absolute Gasteiger partial charge is 0.271 e. The lowest BCUT2D eigenvalue weighted by molar-refractivity contribution is 0.0945. The minimum atomic E-state index is -0.235. The van der Waals surface area contributed by atoms with Crippen molar-refractivity contribution in [1.82, 2.24) is 30.2 Å². The number of hydrogen-bond donors (Lipinski definition) is 3. The number of aromatic amines is 1. The molecule has 1 aromatic carbocycles. The van der Waals surface area contributed by atoms with Crippen molar-refractivity contribution in [1.29, 1.82) is 0 Å². The van der Waals surface area contributed by atoms with Gasteiger partial charge in [-0.2, -0.15) is 5.10 Å². The van der Waals surface area contributed by atoms with Gasteiger partial charge >= 0.3 is 0 Å². The van der Waals surface area contributed by atoms with Gasteiger partial charge in [0.05, 0.1) is 18.9 Å². The van der Waals surface area contributed by atoms with Gasteiger partial charge in [0.1, 0.15) is 12.3 Å². The Balaban J connectivity index is 1.14. The molecule has 0 unspecified atom stereocenters. The molecule has 1 aliphatic carbocycles. The SMILES string of the molecule is CN1CCOc2cnn3cc(C(=O)NCc4ccc5cc(CNCC6CCC6)[nH]c5c4)nc1c23. The molecule has 1 amide bonds. The summed E-state index contributed by atoms with van der Waals surface area (Å²) in [7, 11) is 1.94. The average molecular weight is 460 g/mol. The Labute approximate surface area is 197 Å². The van der Waals surface area contributed by atoms with Crippen LogP contribution in [0.5, 0.6) is 5.75 Å². The van der Waals surface area contributed by atoms with Gasteiger partial charge in [-0.1, -0.05) is 18.6 Å². The monoisotopic (exact) mass is 459 g/mol. The van der Waals surface area contributed by atoms with Gasteiger partial charge in [-0.05, 0) is 48.4 Å². The van der Waals surface area contributed by atoms with Crippen LogP contribution in [-0.2, 0) is 13.1 Å². The van der Waals surface area contributed by atoms with Crippen LogP contribution >= 0.6 is 0 Å². The molecule has 3 aromatic heterocycles. The number of nitrogens with zero attached hydrogens (tertiary/aromatic N) is 4. The van der Waals surface area contributed by atoms with E-state index in [0.717, 1.165) is 35.6 Å². The number of fused-ring (bicyclic) bond motifs is 1. The van der Waals surface area contributed by atoms with Crippen LogP contribution in [0.15, 0.2) is 36.7 Å². The normalized spacial score (nSPS) is 15.9. The number of rotatable bonds is 7. The van der Waals surface area contributed by atoms with Crippen molar-refractivity contribution in [3.05, 3.63) is 53.6 Å². The fraction of sp³-hybridized carbons (Fsp3) is 0.400. The first kappa shape index (κ1) is 21.0. The molecule has 0 atom stereocenters. The lowest BCUT2D eigenvalue weighted by Gasteiger charge is -2.25. The summed E-state index contributed by atoms with van der Waals surface area (Å²) in [4.78, 5) is 23.0. The first-order valence-corrected chi connectivity index (χ1v) is 12.0. The van der Waals surface area contributed by atoms with Crippen molar-refractivity contribution in [3.63, 3.8) is 0 Å². The fourth-order valence-electron chi connectivity index (χ4n) is 4.67. The summed E-state index contributed by atoms with van der Waals surface area (Å²) in [5.74, 6) is 2.00. The highest BCUT2D eigenvalue weighted by Gasteiger charge is 2.22. The van der Waals surface area contributed by atoms with Crippen LogP contribution in [-0.4, -0.2) is 52.2 Å². The quantitative estimate of drug-likeness (QED) is 0.393. The van der Waals surface area contributed by atoms with Crippen molar-refractivity contribution in [2.75, 3.05) is 31.6 Å². The fourth-order valence-corrected chi connectivity index (χ4v) is 4.67. The van der Waals surface area contributed by atoms with Crippen LogP contribution < -0.4 is 20.3 Å². The van der Waals surface area contributed by atoms with E-state index in [2.05, 4.69) is 50.0 Å². The number of carbonyl (C=O) groups is 1. The lowest BCUT2D eigenvalue weighted by Crippen LogP contribution is -2.27. The summed E-state index contributed by atoms with van der Waals surface area (Å²) in [6.07, 6.45) is 7.41. The van der Waals surface area contributed by atoms with Crippen LogP contribution in [0.2, 0.25) is 0 Å². The largest absolute Gasteiger partial charge is 0.488 e. The minimum Gasteiger partial charge on any atom is -0.488 e. The van der Waals surface area contributed by atoms with Crippen molar-refractivity contribution in [2.24, 2.45) is 5.92 Å². The molecule has 176 valence electrons. The van der Waals surface area contributed by atoms with E-state index in [1.54, 1.807) is 16.9 Å². The maximum Gasteiger partial charge on any atom is 0.271 e. The Hall–Kier alpha value is -3.59. The van der Waals surface area contributed by atoms with Gasteiger partial charge in [-0.3, -0.25) is 4.79 Å². The number of amides is 1. The molecule has 9 heteroatoms. The maximum atomic E-state index is 12.9. The third-order valence-electron chi connectivity index (χ3n) is 6.89. The molecule has 2 aliphatic rings. The van der Waals surface area contributed by atoms with E-state index in [1.165, 1.54) is 30.3 Å². The molecule has 0 radical (unpaired) electrons. The number of anilines is 1. The van der Waals surface area contributed by atoms with Crippen LogP contribution in [0.3, 0.4) is 0 Å². The topological polar surface area (TPSA) is 99.6 Å². The minimum absolute atomic E-state index is 0.235. The molecule has 1 fully saturated rings. The summed E-state index contributed by atoms with van der Waals surface area (Å²) in [5.41, 5.74) is 4.41. The first-order valence-electron chi connectivity index (χ1n) is 12.0. The molecule has 6 rings (SSSR count). The second kappa shape index (κ2) is 8.64. The third-order valence-corrected chi connectivity index (χ3v) is 6.89. The van der Waals surface area contributed by atoms with Crippen molar-refractivity contribution in [3.8, 4) is 5.75 Å². The van der Waals surface area contributed by atoms with Crippen LogP contribution in [0.25, 0.3) is 16.4 Å². The van der Waals surface area contributed by atoms with Crippen molar-refractivity contribution >= 4 is 28.1 Å². The second-order valence-corrected chi connectivity index (χ2v) is 9.35. The number of aromatic nitrogens is 4. The van der Waals surface area contributed by atoms with E-state index < -0.39 is 0 Å². The molecule has 4 heterocycles. The van der Waals surface area contributed by atoms with Gasteiger partial charge in [0.25, 0.3) is 5.91 Å². The highest BCUT2D eigenvalue weighted by atomic mass is 16.5. The Kier molecular flexibility index (Phi) is 5.33. The van der Waals surface area contributed by atoms with E-state index in [4.69, 9.17) is 4.74 Å². The van der Waals surface area contributed by atoms with Gasteiger partial charge in [-0.25, -0.2) is 9.50 Å². The molecule has 0 bridgehead atoms. The highest BCUT2D eigenvalue weighted by Crippen LogP contribution is 2.30. The van der Waals surface area contributed by atoms with Gasteiger partial charge in [0.15, 0.2) is 17.1 Å². The highest BCUT2D eigenvalue weighted by molar-refractivity contribution is 5.93. The number of likely N-dealkylation sites (N-methyl/N-ethyl adjacent to an activating group) is 1. The standard InChI is InChI=1S/C25H29N7O2/c1-31-7-8-34-22-14-28-32-15-21(30-24(31)23(22)32)25(33)27-12-17-5-6-18-10-19(29-20(18)9-17)13-26-11-16-3-2-4-16/h5-6,9-10,14-16,26,29H,2-4,7-8,11-13H2,1H3,(H,27,33). The number of nitrogens with one attached hydrogen (secondary N) is 3. The van der Waals surface area contributed by atoms with Crippen molar-refractivity contribution < 1.29 is 9.53 Å². The average Bonchev–Trinajstić information content (AvgIpc) is 3.37. The first-order chi connectivity index (χ1) is 16.6. The van der Waals surface area contributed by atoms with E-state index in [1.807, 2.05) is 11.9 Å². The molecule has 1 saturated carbocycles. The van der Waals surface area contributed by atoms with Gasteiger partial charge < -0.3 is 25.3 Å². The van der Waals surface area contributed by atoms with E-state index in [9.17, 15) is 4.79 Å². The zero-order valence-electron chi connectivity index (χ0n) is 19.3. The van der Waals surface area contributed by atoms with Crippen LogP contribution in [0, 0.1) is 5.92 Å². The molecule has 3 N–H and O–H groups in total. The van der Waals surface area contributed by atoms with E-state index in [0.29, 0.717) is 37.0 Å². The Bertz CT molecular complexity index is 1350. The van der Waals surface area contributed by atoms with Gasteiger partial charge in [0.2, 0.25) is 0 Å². The van der Waals surface area contributed by atoms with Crippen molar-refractivity contribution in [2.45, 2.75) is 32.4 Å². The Morgan fingerprint density at radius 1 is 1.26 bits per heavy atom. The summed E-state index contributed by atoms with van der Waals surface area (Å²) >= 11 is 0. The molecule has 0 spiro atoms. The summed E-state index contributed by atoms with van der Waals surface area (Å²) in [6, 6.07) is 8.44. The molecular weight excluding hydrogens is 430 g/mol. The third kappa shape index (κ3) is 3.96. The zero-order valence-corrected chi connectivity index (χ0v) is 19.3. The number of ether oxygens (including phenoxy) is 1. The maximum absolute atomic E-state index is 12.9. The second-order valence-electron chi connectivity index (χ2n) is 9.35. The number of carbonyl (C=O) groups excluding carboxylic acids is 1. The van der Waals surface area contributed by atoms with Gasteiger partial charge in [-0.15, -0.1) is 0 Å². The lowest BCUT2D eigenvalue weighted by atomic mass is 9.85. The van der Waals surface area contributed by atoms with Crippen LogP contribution in [0.4, 0.5) is 5.82 Å². The summed E-state index contributed by atoms with van der Waals surface area (Å²) in [6.45, 7) is 3.60. The molecule has 34 heavy (non-hydrogen) atoms. The Morgan fingerprint density at radius 3 is 3.03 bits per heavy atom. The molecule has 9 nitrogen and oxygen atoms in total. The van der Waals surface area contributed by atoms with E-state index >= 15 is 0 Å². The Morgan fingerprint density at radius 2 is 2.18 bits per heavy atom. The zero-order chi connectivity index (χ0) is 23.1. The van der Waals surface area contributed by atoms with E-state index in [-0.39, 0.29) is 5.91 Å². The summed E-state index contributed by atoms with van der Waals surface area (Å²) < 4.78 is 7.41. The number of hydrogen-bond acceptors (Lipinski definition) is 6. The summed E-state index contributed by atoms with van der Waals surface area (Å²) in [5, 5.41) is 12.1. The molecular formula is C25H29N7O2. The van der Waals surface area contributed by atoms with Crippen LogP contribution in [0.1, 0.15) is 41.0 Å². The number of H-pyrrole nitrogens is 1. The predicted molar refractivity (Wildman–Crippen MR) is 130 cm³/mol.